The Bertz CT molecular complexity index is 1030. The number of rotatable bonds is 5. The van der Waals surface area contributed by atoms with Gasteiger partial charge in [0.25, 0.3) is 5.91 Å². The van der Waals surface area contributed by atoms with Gasteiger partial charge in [-0.1, -0.05) is 29.8 Å². The number of amides is 1. The Morgan fingerprint density at radius 3 is 2.76 bits per heavy atom. The molecule has 1 aromatic heterocycles. The number of hydrogen-bond donors (Lipinski definition) is 1. The fourth-order valence-electron chi connectivity index (χ4n) is 3.75. The zero-order valence-electron chi connectivity index (χ0n) is 16.1. The molecule has 1 aliphatic rings. The van der Waals surface area contributed by atoms with Gasteiger partial charge in [0, 0.05) is 35.6 Å². The zero-order chi connectivity index (χ0) is 20.4. The number of hydrogen-bond acceptors (Lipinski definition) is 4. The molecule has 0 spiro atoms. The van der Waals surface area contributed by atoms with Gasteiger partial charge in [0.15, 0.2) is 5.76 Å². The molecule has 1 unspecified atom stereocenters. The fraction of sp³-hybridized carbons (Fsp3) is 0.318. The van der Waals surface area contributed by atoms with E-state index in [2.05, 4.69) is 10.2 Å². The number of nitrogens with one attached hydrogen (secondary N) is 1. The highest BCUT2D eigenvalue weighted by Crippen LogP contribution is 2.29. The molecule has 152 valence electrons. The largest absolute Gasteiger partial charge is 0.451 e. The van der Waals surface area contributed by atoms with E-state index in [9.17, 15) is 9.18 Å². The third-order valence-corrected chi connectivity index (χ3v) is 5.66. The third kappa shape index (κ3) is 4.15. The summed E-state index contributed by atoms with van der Waals surface area (Å²) in [6.45, 7) is 4.93. The SMILES string of the molecule is Cc1c(C(=O)NCC(c2ccccc2Cl)N2CCOCC2)oc2ccc(F)cc12. The van der Waals surface area contributed by atoms with Crippen molar-refractivity contribution >= 4 is 28.5 Å². The molecule has 1 aliphatic heterocycles. The molecule has 7 heteroatoms. The second kappa shape index (κ2) is 8.53. The molecule has 5 nitrogen and oxygen atoms in total. The summed E-state index contributed by atoms with van der Waals surface area (Å²) >= 11 is 6.44. The van der Waals surface area contributed by atoms with Crippen LogP contribution in [0.4, 0.5) is 4.39 Å². The Morgan fingerprint density at radius 1 is 1.24 bits per heavy atom. The molecule has 2 aromatic carbocycles. The van der Waals surface area contributed by atoms with E-state index < -0.39 is 0 Å². The molecular formula is C22H22ClFN2O3. The number of fused-ring (bicyclic) bond motifs is 1. The Balaban J connectivity index is 1.56. The van der Waals surface area contributed by atoms with Gasteiger partial charge in [-0.25, -0.2) is 4.39 Å². The lowest BCUT2D eigenvalue weighted by molar-refractivity contribution is 0.0162. The number of carbonyl (C=O) groups is 1. The summed E-state index contributed by atoms with van der Waals surface area (Å²) in [6, 6.07) is 11.8. The van der Waals surface area contributed by atoms with Crippen molar-refractivity contribution in [1.29, 1.82) is 0 Å². The van der Waals surface area contributed by atoms with Gasteiger partial charge in [0.2, 0.25) is 0 Å². The highest BCUT2D eigenvalue weighted by atomic mass is 35.5. The maximum atomic E-state index is 13.5. The molecule has 0 saturated carbocycles. The highest BCUT2D eigenvalue weighted by molar-refractivity contribution is 6.31. The summed E-state index contributed by atoms with van der Waals surface area (Å²) in [6.07, 6.45) is 0. The summed E-state index contributed by atoms with van der Waals surface area (Å²) in [5.41, 5.74) is 2.07. The molecule has 1 N–H and O–H groups in total. The average Bonchev–Trinajstić information content (AvgIpc) is 3.06. The zero-order valence-corrected chi connectivity index (χ0v) is 16.8. The van der Waals surface area contributed by atoms with E-state index in [-0.39, 0.29) is 23.5 Å². The summed E-state index contributed by atoms with van der Waals surface area (Å²) in [7, 11) is 0. The number of aryl methyl sites for hydroxylation is 1. The minimum atomic E-state index is -0.362. The predicted octanol–water partition coefficient (Wildman–Crippen LogP) is 4.34. The molecule has 1 saturated heterocycles. The van der Waals surface area contributed by atoms with Crippen LogP contribution in [0, 0.1) is 12.7 Å². The van der Waals surface area contributed by atoms with Crippen LogP contribution in [0.5, 0.6) is 0 Å². The van der Waals surface area contributed by atoms with Crippen molar-refractivity contribution < 1.29 is 18.3 Å². The number of furan rings is 1. The first-order valence-corrected chi connectivity index (χ1v) is 9.95. The van der Waals surface area contributed by atoms with E-state index in [1.807, 2.05) is 24.3 Å². The van der Waals surface area contributed by atoms with Gasteiger partial charge in [-0.05, 0) is 36.8 Å². The molecule has 0 bridgehead atoms. The van der Waals surface area contributed by atoms with E-state index in [1.165, 1.54) is 18.2 Å². The lowest BCUT2D eigenvalue weighted by atomic mass is 10.0. The van der Waals surface area contributed by atoms with Crippen molar-refractivity contribution in [2.75, 3.05) is 32.8 Å². The van der Waals surface area contributed by atoms with Crippen molar-refractivity contribution in [1.82, 2.24) is 10.2 Å². The standard InChI is InChI=1S/C22H22ClFN2O3/c1-14-17-12-15(24)6-7-20(17)29-21(14)22(27)25-13-19(26-8-10-28-11-9-26)16-4-2-3-5-18(16)23/h2-7,12,19H,8-11,13H2,1H3,(H,25,27). The Kier molecular flexibility index (Phi) is 5.85. The molecule has 1 amide bonds. The van der Waals surface area contributed by atoms with Gasteiger partial charge in [-0.15, -0.1) is 0 Å². The van der Waals surface area contributed by atoms with Crippen LogP contribution in [-0.4, -0.2) is 43.7 Å². The molecular weight excluding hydrogens is 395 g/mol. The fourth-order valence-corrected chi connectivity index (χ4v) is 4.01. The van der Waals surface area contributed by atoms with Crippen molar-refractivity contribution in [2.24, 2.45) is 0 Å². The first kappa shape index (κ1) is 19.9. The Morgan fingerprint density at radius 2 is 2.00 bits per heavy atom. The van der Waals surface area contributed by atoms with Crippen LogP contribution in [0.1, 0.15) is 27.7 Å². The van der Waals surface area contributed by atoms with Crippen molar-refractivity contribution in [3.05, 3.63) is 70.2 Å². The highest BCUT2D eigenvalue weighted by Gasteiger charge is 2.26. The summed E-state index contributed by atoms with van der Waals surface area (Å²) in [5.74, 6) is -0.491. The average molecular weight is 417 g/mol. The van der Waals surface area contributed by atoms with Gasteiger partial charge in [-0.2, -0.15) is 0 Å². The smallest absolute Gasteiger partial charge is 0.287 e. The lowest BCUT2D eigenvalue weighted by Crippen LogP contribution is -2.44. The monoisotopic (exact) mass is 416 g/mol. The van der Waals surface area contributed by atoms with Crippen LogP contribution < -0.4 is 5.32 Å². The number of halogens is 2. The van der Waals surface area contributed by atoms with Crippen LogP contribution in [-0.2, 0) is 4.74 Å². The number of nitrogens with zero attached hydrogens (tertiary/aromatic N) is 1. The maximum Gasteiger partial charge on any atom is 0.287 e. The lowest BCUT2D eigenvalue weighted by Gasteiger charge is -2.35. The molecule has 1 atom stereocenters. The second-order valence-electron chi connectivity index (χ2n) is 7.09. The van der Waals surface area contributed by atoms with Gasteiger partial charge in [-0.3, -0.25) is 9.69 Å². The van der Waals surface area contributed by atoms with Crippen molar-refractivity contribution in [3.63, 3.8) is 0 Å². The normalized spacial score (nSPS) is 16.1. The minimum absolute atomic E-state index is 0.0846. The minimum Gasteiger partial charge on any atom is -0.451 e. The topological polar surface area (TPSA) is 54.7 Å². The number of ether oxygens (including phenoxy) is 1. The van der Waals surface area contributed by atoms with Gasteiger partial charge >= 0.3 is 0 Å². The number of morpholine rings is 1. The first-order valence-electron chi connectivity index (χ1n) is 9.57. The molecule has 2 heterocycles. The Labute approximate surface area is 173 Å². The van der Waals surface area contributed by atoms with E-state index in [4.69, 9.17) is 20.8 Å². The van der Waals surface area contributed by atoms with Gasteiger partial charge < -0.3 is 14.5 Å². The van der Waals surface area contributed by atoms with Crippen molar-refractivity contribution in [2.45, 2.75) is 13.0 Å². The van der Waals surface area contributed by atoms with E-state index >= 15 is 0 Å². The number of carbonyl (C=O) groups excluding carboxylic acids is 1. The molecule has 0 radical (unpaired) electrons. The second-order valence-corrected chi connectivity index (χ2v) is 7.50. The predicted molar refractivity (Wildman–Crippen MR) is 110 cm³/mol. The van der Waals surface area contributed by atoms with E-state index in [1.54, 1.807) is 6.92 Å². The van der Waals surface area contributed by atoms with Crippen LogP contribution in [0.25, 0.3) is 11.0 Å². The van der Waals surface area contributed by atoms with Gasteiger partial charge in [0.05, 0.1) is 19.3 Å². The summed E-state index contributed by atoms with van der Waals surface area (Å²) < 4.78 is 24.7. The molecule has 1 fully saturated rings. The van der Waals surface area contributed by atoms with Crippen LogP contribution in [0.3, 0.4) is 0 Å². The molecule has 29 heavy (non-hydrogen) atoms. The third-order valence-electron chi connectivity index (χ3n) is 5.31. The quantitative estimate of drug-likeness (QED) is 0.672. The molecule has 4 rings (SSSR count). The summed E-state index contributed by atoms with van der Waals surface area (Å²) in [5, 5.41) is 4.23. The maximum absolute atomic E-state index is 13.5. The van der Waals surface area contributed by atoms with Crippen LogP contribution in [0.15, 0.2) is 46.9 Å². The Hall–Kier alpha value is -2.41. The molecule has 3 aromatic rings. The van der Waals surface area contributed by atoms with Crippen LogP contribution in [0.2, 0.25) is 5.02 Å². The van der Waals surface area contributed by atoms with Crippen LogP contribution >= 0.6 is 11.6 Å². The first-order chi connectivity index (χ1) is 14.0. The van der Waals surface area contributed by atoms with Gasteiger partial charge in [0.1, 0.15) is 11.4 Å². The summed E-state index contributed by atoms with van der Waals surface area (Å²) in [4.78, 5) is 15.1. The van der Waals surface area contributed by atoms with Crippen molar-refractivity contribution in [3.8, 4) is 0 Å². The molecule has 0 aliphatic carbocycles. The van der Waals surface area contributed by atoms with E-state index in [0.29, 0.717) is 41.3 Å². The van der Waals surface area contributed by atoms with E-state index in [0.717, 1.165) is 18.7 Å². The number of benzene rings is 2.